The van der Waals surface area contributed by atoms with E-state index in [4.69, 9.17) is 6.58 Å². The van der Waals surface area contributed by atoms with E-state index in [9.17, 15) is 0 Å². The third-order valence-corrected chi connectivity index (χ3v) is 0.913. The molecule has 0 atom stereocenters. The summed E-state index contributed by atoms with van der Waals surface area (Å²) in [7, 11) is 0. The Balaban J connectivity index is 0.000000640. The molecule has 0 nitrogen and oxygen atoms in total. The molecule has 46 valence electrons. The van der Waals surface area contributed by atoms with Crippen molar-refractivity contribution < 1.29 is 17.1 Å². The normalized spacial score (nSPS) is 7.56. The van der Waals surface area contributed by atoms with Gasteiger partial charge in [-0.1, -0.05) is 0 Å². The SMILES string of the molecule is [CH-]=Cc1[c-]cccc1.[Fe+2]. The molecular formula is C8H6Fe. The Bertz CT molecular complexity index is 167. The maximum absolute atomic E-state index is 5.19. The van der Waals surface area contributed by atoms with Gasteiger partial charge in [-0.3, -0.25) is 0 Å². The van der Waals surface area contributed by atoms with Crippen molar-refractivity contribution in [2.24, 2.45) is 0 Å². The van der Waals surface area contributed by atoms with Crippen molar-refractivity contribution in [2.45, 2.75) is 0 Å². The Hall–Kier alpha value is -0.521. The molecule has 0 bridgehead atoms. The predicted molar refractivity (Wildman–Crippen MR) is 34.0 cm³/mol. The van der Waals surface area contributed by atoms with Crippen molar-refractivity contribution in [1.29, 1.82) is 0 Å². The van der Waals surface area contributed by atoms with E-state index < -0.39 is 0 Å². The average Bonchev–Trinajstić information content (AvgIpc) is 1.90. The van der Waals surface area contributed by atoms with E-state index in [0.717, 1.165) is 5.56 Å². The minimum atomic E-state index is 0. The van der Waals surface area contributed by atoms with Crippen molar-refractivity contribution in [3.8, 4) is 0 Å². The summed E-state index contributed by atoms with van der Waals surface area (Å²) in [5.74, 6) is 0. The summed E-state index contributed by atoms with van der Waals surface area (Å²) in [5.41, 5.74) is 0.938. The van der Waals surface area contributed by atoms with Gasteiger partial charge in [0.25, 0.3) is 0 Å². The molecular weight excluding hydrogens is 152 g/mol. The van der Waals surface area contributed by atoms with Crippen LogP contribution in [0.3, 0.4) is 0 Å². The Labute approximate surface area is 66.1 Å². The van der Waals surface area contributed by atoms with E-state index in [1.165, 1.54) is 6.08 Å². The Morgan fingerprint density at radius 1 is 1.44 bits per heavy atom. The van der Waals surface area contributed by atoms with Gasteiger partial charge in [0.1, 0.15) is 0 Å². The minimum Gasteiger partial charge on any atom is -0.344 e. The van der Waals surface area contributed by atoms with Crippen LogP contribution in [0.4, 0.5) is 0 Å². The summed E-state index contributed by atoms with van der Waals surface area (Å²) < 4.78 is 0. The van der Waals surface area contributed by atoms with Crippen molar-refractivity contribution in [1.82, 2.24) is 0 Å². The zero-order chi connectivity index (χ0) is 5.82. The van der Waals surface area contributed by atoms with E-state index in [2.05, 4.69) is 6.07 Å². The fraction of sp³-hybridized carbons (Fsp3) is 0. The number of rotatable bonds is 1. The van der Waals surface area contributed by atoms with Crippen molar-refractivity contribution in [3.05, 3.63) is 42.5 Å². The molecule has 0 aromatic heterocycles. The first-order valence-corrected chi connectivity index (χ1v) is 2.45. The van der Waals surface area contributed by atoms with Gasteiger partial charge >= 0.3 is 17.1 Å². The van der Waals surface area contributed by atoms with Gasteiger partial charge in [-0.15, -0.1) is 6.07 Å². The molecule has 9 heavy (non-hydrogen) atoms. The molecule has 0 heterocycles. The molecule has 0 saturated carbocycles. The van der Waals surface area contributed by atoms with Crippen LogP contribution < -0.4 is 0 Å². The van der Waals surface area contributed by atoms with Gasteiger partial charge in [0.2, 0.25) is 0 Å². The minimum absolute atomic E-state index is 0. The molecule has 0 N–H and O–H groups in total. The van der Waals surface area contributed by atoms with Crippen molar-refractivity contribution in [2.75, 3.05) is 0 Å². The molecule has 0 aliphatic carbocycles. The third kappa shape index (κ3) is 2.50. The summed E-state index contributed by atoms with van der Waals surface area (Å²) in [5, 5.41) is 0. The maximum Gasteiger partial charge on any atom is 2.00 e. The van der Waals surface area contributed by atoms with Crippen LogP contribution in [0.5, 0.6) is 0 Å². The molecule has 0 unspecified atom stereocenters. The van der Waals surface area contributed by atoms with E-state index in [-0.39, 0.29) is 17.1 Å². The molecule has 0 aliphatic rings. The smallest absolute Gasteiger partial charge is 0.344 e. The second kappa shape index (κ2) is 4.37. The summed E-state index contributed by atoms with van der Waals surface area (Å²) in [6.45, 7) is 5.19. The van der Waals surface area contributed by atoms with Gasteiger partial charge < -0.3 is 18.2 Å². The van der Waals surface area contributed by atoms with Crippen LogP contribution >= 0.6 is 0 Å². The summed E-state index contributed by atoms with van der Waals surface area (Å²) in [6.07, 6.45) is 1.53. The van der Waals surface area contributed by atoms with E-state index in [1.54, 1.807) is 0 Å². The number of benzene rings is 1. The van der Waals surface area contributed by atoms with Crippen LogP contribution in [0.1, 0.15) is 5.56 Å². The topological polar surface area (TPSA) is 0 Å². The number of hydrogen-bond donors (Lipinski definition) is 0. The first kappa shape index (κ1) is 8.48. The molecule has 0 aliphatic heterocycles. The molecule has 1 aromatic carbocycles. The number of hydrogen-bond acceptors (Lipinski definition) is 0. The fourth-order valence-electron chi connectivity index (χ4n) is 0.511. The fourth-order valence-corrected chi connectivity index (χ4v) is 0.511. The second-order valence-corrected chi connectivity index (χ2v) is 1.48. The molecule has 0 saturated heterocycles. The maximum atomic E-state index is 5.19. The first-order valence-electron chi connectivity index (χ1n) is 2.45. The summed E-state index contributed by atoms with van der Waals surface area (Å²) in [4.78, 5) is 0. The van der Waals surface area contributed by atoms with Crippen LogP contribution in [-0.2, 0) is 17.1 Å². The zero-order valence-electron chi connectivity index (χ0n) is 4.82. The van der Waals surface area contributed by atoms with Crippen LogP contribution in [0.15, 0.2) is 24.3 Å². The van der Waals surface area contributed by atoms with Gasteiger partial charge in [-0.05, 0) is 0 Å². The van der Waals surface area contributed by atoms with E-state index >= 15 is 0 Å². The molecule has 0 fully saturated rings. The molecule has 0 spiro atoms. The molecule has 0 amide bonds. The van der Waals surface area contributed by atoms with Crippen LogP contribution in [-0.4, -0.2) is 0 Å². The van der Waals surface area contributed by atoms with E-state index in [0.29, 0.717) is 0 Å². The second-order valence-electron chi connectivity index (χ2n) is 1.48. The summed E-state index contributed by atoms with van der Waals surface area (Å²) in [6, 6.07) is 10.5. The molecule has 0 radical (unpaired) electrons. The molecule has 1 aromatic rings. The van der Waals surface area contributed by atoms with Crippen LogP contribution in [0, 0.1) is 12.6 Å². The van der Waals surface area contributed by atoms with Gasteiger partial charge in [0.05, 0.1) is 0 Å². The predicted octanol–water partition coefficient (Wildman–Crippen LogP) is 1.93. The van der Waals surface area contributed by atoms with Crippen LogP contribution in [0.2, 0.25) is 0 Å². The standard InChI is InChI=1S/C8H6.Fe/c1-2-8-6-4-3-5-7-8;/h1-6H;/q-2;+2. The van der Waals surface area contributed by atoms with Gasteiger partial charge in [0, 0.05) is 0 Å². The monoisotopic (exact) mass is 158 g/mol. The van der Waals surface area contributed by atoms with E-state index in [1.807, 2.05) is 24.3 Å². The summed E-state index contributed by atoms with van der Waals surface area (Å²) >= 11 is 0. The van der Waals surface area contributed by atoms with Gasteiger partial charge in [0.15, 0.2) is 0 Å². The van der Waals surface area contributed by atoms with Gasteiger partial charge in [-0.2, -0.15) is 12.1 Å². The zero-order valence-corrected chi connectivity index (χ0v) is 5.92. The molecule has 1 heteroatoms. The Kier molecular flexibility index (Phi) is 4.11. The molecule has 1 rings (SSSR count). The van der Waals surface area contributed by atoms with Crippen molar-refractivity contribution >= 4 is 6.08 Å². The average molecular weight is 158 g/mol. The quantitative estimate of drug-likeness (QED) is 0.432. The Morgan fingerprint density at radius 3 is 2.56 bits per heavy atom. The van der Waals surface area contributed by atoms with Gasteiger partial charge in [-0.25, -0.2) is 12.1 Å². The van der Waals surface area contributed by atoms with Crippen molar-refractivity contribution in [3.63, 3.8) is 0 Å². The third-order valence-electron chi connectivity index (χ3n) is 0.913. The van der Waals surface area contributed by atoms with Crippen LogP contribution in [0.25, 0.3) is 6.08 Å². The largest absolute Gasteiger partial charge is 2.00 e. The first-order chi connectivity index (χ1) is 3.93. The Morgan fingerprint density at radius 2 is 2.22 bits per heavy atom.